The molecule has 0 saturated heterocycles. The Morgan fingerprint density at radius 1 is 1.22 bits per heavy atom. The number of rotatable bonds is 5. The van der Waals surface area contributed by atoms with Crippen LogP contribution in [-0.4, -0.2) is 25.2 Å². The first kappa shape index (κ1) is 15.4. The van der Waals surface area contributed by atoms with Crippen LogP contribution >= 0.6 is 33.9 Å². The van der Waals surface area contributed by atoms with Crippen LogP contribution in [0, 0.1) is 2.88 Å². The van der Waals surface area contributed by atoms with Gasteiger partial charge >= 0.3 is 11.9 Å². The summed E-state index contributed by atoms with van der Waals surface area (Å²) in [6.45, 7) is 5.43. The molecule has 0 aromatic carbocycles. The summed E-state index contributed by atoms with van der Waals surface area (Å²) in [6.07, 6.45) is 0. The molecule has 1 aromatic rings. The fraction of sp³-hybridized carbons (Fsp3) is 0.500. The molecule has 0 spiro atoms. The predicted molar refractivity (Wildman–Crippen MR) is 77.7 cm³/mol. The fourth-order valence-corrected chi connectivity index (χ4v) is 3.16. The molecule has 100 valence electrons. The van der Waals surface area contributed by atoms with Crippen molar-refractivity contribution in [1.82, 2.24) is 0 Å². The predicted octanol–water partition coefficient (Wildman–Crippen LogP) is 2.74. The third kappa shape index (κ3) is 3.03. The number of carbonyl (C=O) groups excluding carboxylic acids is 2. The molecule has 0 atom stereocenters. The van der Waals surface area contributed by atoms with E-state index in [2.05, 4.69) is 22.6 Å². The van der Waals surface area contributed by atoms with Crippen LogP contribution in [0.4, 0.5) is 0 Å². The molecule has 0 amide bonds. The highest BCUT2D eigenvalue weighted by molar-refractivity contribution is 14.1. The highest BCUT2D eigenvalue weighted by Gasteiger charge is 2.47. The summed E-state index contributed by atoms with van der Waals surface area (Å²) in [5.41, 5.74) is -1.37. The number of hydrogen-bond acceptors (Lipinski definition) is 5. The van der Waals surface area contributed by atoms with E-state index in [-0.39, 0.29) is 13.2 Å². The maximum absolute atomic E-state index is 12.1. The maximum Gasteiger partial charge on any atom is 0.328 e. The van der Waals surface area contributed by atoms with Crippen molar-refractivity contribution in [2.24, 2.45) is 0 Å². The summed E-state index contributed by atoms with van der Waals surface area (Å²) in [5.74, 6) is -1.14. The molecule has 0 aliphatic carbocycles. The average molecular weight is 382 g/mol. The molecule has 1 aromatic heterocycles. The van der Waals surface area contributed by atoms with E-state index in [0.29, 0.717) is 4.88 Å². The van der Waals surface area contributed by atoms with Gasteiger partial charge in [0.1, 0.15) is 0 Å². The van der Waals surface area contributed by atoms with E-state index in [9.17, 15) is 9.59 Å². The minimum Gasteiger partial charge on any atom is -0.465 e. The van der Waals surface area contributed by atoms with Gasteiger partial charge in [0.15, 0.2) is 5.41 Å². The lowest BCUT2D eigenvalue weighted by atomic mass is 9.89. The Morgan fingerprint density at radius 3 is 2.06 bits per heavy atom. The molecule has 1 heterocycles. The van der Waals surface area contributed by atoms with E-state index in [1.54, 1.807) is 26.8 Å². The number of halogens is 1. The van der Waals surface area contributed by atoms with Crippen molar-refractivity contribution in [3.05, 3.63) is 19.9 Å². The fourth-order valence-electron chi connectivity index (χ4n) is 1.42. The highest BCUT2D eigenvalue weighted by atomic mass is 127. The van der Waals surface area contributed by atoms with Crippen LogP contribution in [0.5, 0.6) is 0 Å². The van der Waals surface area contributed by atoms with Crippen molar-refractivity contribution in [2.75, 3.05) is 13.2 Å². The van der Waals surface area contributed by atoms with Crippen LogP contribution in [0.15, 0.2) is 12.1 Å². The second-order valence-corrected chi connectivity index (χ2v) is 6.65. The molecule has 0 aliphatic heterocycles. The van der Waals surface area contributed by atoms with Crippen LogP contribution < -0.4 is 0 Å². The minimum absolute atomic E-state index is 0.232. The monoisotopic (exact) mass is 382 g/mol. The van der Waals surface area contributed by atoms with Crippen LogP contribution in [-0.2, 0) is 24.5 Å². The smallest absolute Gasteiger partial charge is 0.328 e. The SMILES string of the molecule is CCOC(=O)C(C)(C(=O)OCC)c1ccc(I)s1. The Bertz CT molecular complexity index is 423. The third-order valence-corrected chi connectivity index (χ3v) is 4.55. The van der Waals surface area contributed by atoms with Gasteiger partial charge in [0.2, 0.25) is 0 Å². The Hall–Kier alpha value is -0.630. The van der Waals surface area contributed by atoms with Gasteiger partial charge in [0.25, 0.3) is 0 Å². The average Bonchev–Trinajstić information content (AvgIpc) is 2.75. The van der Waals surface area contributed by atoms with Gasteiger partial charge in [-0.2, -0.15) is 0 Å². The van der Waals surface area contributed by atoms with E-state index in [4.69, 9.17) is 9.47 Å². The van der Waals surface area contributed by atoms with Crippen molar-refractivity contribution in [1.29, 1.82) is 0 Å². The molecule has 0 saturated carbocycles. The highest BCUT2D eigenvalue weighted by Crippen LogP contribution is 2.33. The summed E-state index contributed by atoms with van der Waals surface area (Å²) in [4.78, 5) is 24.8. The second kappa shape index (κ2) is 6.51. The van der Waals surface area contributed by atoms with Crippen molar-refractivity contribution in [2.45, 2.75) is 26.2 Å². The molecule has 0 unspecified atom stereocenters. The minimum atomic E-state index is -1.37. The Morgan fingerprint density at radius 2 is 1.72 bits per heavy atom. The number of esters is 2. The van der Waals surface area contributed by atoms with Crippen molar-refractivity contribution < 1.29 is 19.1 Å². The summed E-state index contributed by atoms with van der Waals surface area (Å²) >= 11 is 3.53. The number of hydrogen-bond donors (Lipinski definition) is 0. The molecule has 0 N–H and O–H groups in total. The summed E-state index contributed by atoms with van der Waals surface area (Å²) in [7, 11) is 0. The molecule has 0 bridgehead atoms. The summed E-state index contributed by atoms with van der Waals surface area (Å²) < 4.78 is 11.0. The Kier molecular flexibility index (Phi) is 5.58. The molecule has 0 fully saturated rings. The Balaban J connectivity index is 3.16. The standard InChI is InChI=1S/C12H15IO4S/c1-4-16-10(14)12(3,11(15)17-5-2)8-6-7-9(13)18-8/h6-7H,4-5H2,1-3H3. The number of thiophene rings is 1. The lowest BCUT2D eigenvalue weighted by Crippen LogP contribution is -2.43. The van der Waals surface area contributed by atoms with Crippen molar-refractivity contribution in [3.8, 4) is 0 Å². The van der Waals surface area contributed by atoms with Gasteiger partial charge in [-0.15, -0.1) is 11.3 Å². The van der Waals surface area contributed by atoms with Crippen molar-refractivity contribution >= 4 is 45.9 Å². The second-order valence-electron chi connectivity index (χ2n) is 3.67. The van der Waals surface area contributed by atoms with Gasteiger partial charge in [-0.3, -0.25) is 9.59 Å². The molecule has 0 radical (unpaired) electrons. The van der Waals surface area contributed by atoms with Gasteiger partial charge in [-0.05, 0) is 55.5 Å². The van der Waals surface area contributed by atoms with Crippen LogP contribution in [0.25, 0.3) is 0 Å². The van der Waals surface area contributed by atoms with Gasteiger partial charge in [0.05, 0.1) is 16.1 Å². The molecular formula is C12H15IO4S. The molecular weight excluding hydrogens is 367 g/mol. The largest absolute Gasteiger partial charge is 0.465 e. The molecule has 18 heavy (non-hydrogen) atoms. The maximum atomic E-state index is 12.1. The molecule has 6 heteroatoms. The lowest BCUT2D eigenvalue weighted by molar-refractivity contribution is -0.163. The van der Waals surface area contributed by atoms with Crippen LogP contribution in [0.2, 0.25) is 0 Å². The van der Waals surface area contributed by atoms with Gasteiger partial charge in [-0.25, -0.2) is 0 Å². The van der Waals surface area contributed by atoms with Gasteiger partial charge < -0.3 is 9.47 Å². The summed E-state index contributed by atoms with van der Waals surface area (Å²) in [5, 5.41) is 0. The number of carbonyl (C=O) groups is 2. The first-order chi connectivity index (χ1) is 8.46. The zero-order valence-electron chi connectivity index (χ0n) is 10.5. The molecule has 1 rings (SSSR count). The number of ether oxygens (including phenoxy) is 2. The van der Waals surface area contributed by atoms with Gasteiger partial charge in [0, 0.05) is 4.88 Å². The van der Waals surface area contributed by atoms with Crippen LogP contribution in [0.1, 0.15) is 25.6 Å². The van der Waals surface area contributed by atoms with Crippen LogP contribution in [0.3, 0.4) is 0 Å². The zero-order chi connectivity index (χ0) is 13.8. The zero-order valence-corrected chi connectivity index (χ0v) is 13.5. The lowest BCUT2D eigenvalue weighted by Gasteiger charge is -2.23. The first-order valence-electron chi connectivity index (χ1n) is 5.57. The van der Waals surface area contributed by atoms with E-state index >= 15 is 0 Å². The third-order valence-electron chi connectivity index (χ3n) is 2.43. The van der Waals surface area contributed by atoms with E-state index in [0.717, 1.165) is 2.88 Å². The topological polar surface area (TPSA) is 52.6 Å². The van der Waals surface area contributed by atoms with Crippen molar-refractivity contribution in [3.63, 3.8) is 0 Å². The van der Waals surface area contributed by atoms with Gasteiger partial charge in [-0.1, -0.05) is 0 Å². The molecule has 0 aliphatic rings. The normalized spacial score (nSPS) is 11.1. The Labute approximate surface area is 124 Å². The van der Waals surface area contributed by atoms with E-state index in [1.165, 1.54) is 11.3 Å². The first-order valence-corrected chi connectivity index (χ1v) is 7.46. The summed E-state index contributed by atoms with van der Waals surface area (Å²) in [6, 6.07) is 3.62. The quantitative estimate of drug-likeness (QED) is 0.447. The van der Waals surface area contributed by atoms with E-state index in [1.807, 2.05) is 6.07 Å². The van der Waals surface area contributed by atoms with E-state index < -0.39 is 17.4 Å². The molecule has 4 nitrogen and oxygen atoms in total.